The number of nitrogens with one attached hydrogen (secondary N) is 1. The van der Waals surface area contributed by atoms with Crippen molar-refractivity contribution in [3.8, 4) is 0 Å². The lowest BCUT2D eigenvalue weighted by Gasteiger charge is -2.27. The molecule has 1 amide bonds. The number of allylic oxidation sites excluding steroid dienone is 9. The number of phosphoric ester groups is 1. The molecule has 0 saturated carbocycles. The predicted octanol–water partition coefficient (Wildman–Crippen LogP) is 17.1. The Hall–Kier alpha value is -2.29. The third kappa shape index (κ3) is 50.4. The lowest BCUT2D eigenvalue weighted by atomic mass is 10.0. The largest absolute Gasteiger partial charge is 0.472 e. The van der Waals surface area contributed by atoms with Gasteiger partial charge in [0.25, 0.3) is 0 Å². The molecule has 0 spiro atoms. The summed E-state index contributed by atoms with van der Waals surface area (Å²) < 4.78 is 30.6. The van der Waals surface area contributed by atoms with Crippen LogP contribution in [0.25, 0.3) is 0 Å². The zero-order chi connectivity index (χ0) is 50.8. The normalized spacial score (nSPS) is 14.2. The summed E-state index contributed by atoms with van der Waals surface area (Å²) in [6.07, 6.45) is 60.7. The van der Waals surface area contributed by atoms with E-state index < -0.39 is 20.0 Å². The van der Waals surface area contributed by atoms with Crippen molar-refractivity contribution >= 4 is 19.7 Å². The van der Waals surface area contributed by atoms with Gasteiger partial charge in [-0.2, -0.15) is 0 Å². The smallest absolute Gasteiger partial charge is 0.456 e. The number of ether oxygens (including phenoxy) is 1. The predicted molar refractivity (Wildman–Crippen MR) is 295 cm³/mol. The summed E-state index contributed by atoms with van der Waals surface area (Å²) in [5, 5.41) is 3.04. The number of carbonyl (C=O) groups excluding carboxylic acids is 2. The number of likely N-dealkylation sites (N-methyl/N-ethyl adjacent to an activating group) is 1. The molecule has 3 atom stereocenters. The first-order chi connectivity index (χ1) is 33.4. The number of esters is 1. The Morgan fingerprint density at radius 2 is 0.942 bits per heavy atom. The molecular weight excluding hydrogens is 880 g/mol. The second-order valence-electron chi connectivity index (χ2n) is 20.5. The number of hydrogen-bond donors (Lipinski definition) is 2. The van der Waals surface area contributed by atoms with E-state index in [1.807, 2.05) is 33.3 Å². The van der Waals surface area contributed by atoms with Crippen LogP contribution in [0.15, 0.2) is 60.8 Å². The molecule has 0 aliphatic rings. The third-order valence-electron chi connectivity index (χ3n) is 12.5. The Kier molecular flexibility index (Phi) is 47.7. The molecule has 0 fully saturated rings. The quantitative estimate of drug-likeness (QED) is 0.0156. The topological polar surface area (TPSA) is 111 Å². The highest BCUT2D eigenvalue weighted by Crippen LogP contribution is 2.43. The van der Waals surface area contributed by atoms with Gasteiger partial charge in [0.05, 0.1) is 33.8 Å². The molecule has 0 radical (unpaired) electrons. The van der Waals surface area contributed by atoms with Crippen LogP contribution in [0.2, 0.25) is 0 Å². The first kappa shape index (κ1) is 66.7. The zero-order valence-electron chi connectivity index (χ0n) is 45.8. The minimum absolute atomic E-state index is 0.0353. The molecule has 0 heterocycles. The summed E-state index contributed by atoms with van der Waals surface area (Å²) in [4.78, 5) is 37.6. The fourth-order valence-electron chi connectivity index (χ4n) is 8.05. The molecular formula is C59H110N2O7P+. The van der Waals surface area contributed by atoms with Gasteiger partial charge in [0.2, 0.25) is 5.91 Å². The molecule has 0 bridgehead atoms. The highest BCUT2D eigenvalue weighted by Gasteiger charge is 2.30. The molecule has 3 unspecified atom stereocenters. The van der Waals surface area contributed by atoms with Gasteiger partial charge in [0.1, 0.15) is 19.3 Å². The highest BCUT2D eigenvalue weighted by molar-refractivity contribution is 7.47. The Bertz CT molecular complexity index is 1370. The van der Waals surface area contributed by atoms with Crippen molar-refractivity contribution in [2.24, 2.45) is 0 Å². The van der Waals surface area contributed by atoms with Crippen LogP contribution in [-0.2, 0) is 27.9 Å². The lowest BCUT2D eigenvalue weighted by Crippen LogP contribution is -2.47. The molecule has 0 rings (SSSR count). The number of quaternary nitrogens is 1. The standard InChI is InChI=1S/C59H109N2O7P/c1-7-10-13-16-19-22-25-28-30-32-33-36-39-42-45-48-51-58(62)60-56(55-67-69(64,65)66-54-53-61(4,5)6)57(50-47-44-41-38-35-27-24-21-18-15-12-9-3)68-59(63)52-49-46-43-40-37-34-31-29-26-23-20-17-14-11-8-2/h11,14,17,20,23,26,30,32,47,50,56-57H,7-10,12-13,15-16,18-19,21-22,24-25,27-29,31,33-46,48-49,51-55H2,1-6H3,(H-,60,62,64,65)/p+1/b14-11+,20-17+,26-23+,32-30+,50-47+. The average molecular weight is 991 g/mol. The first-order valence-corrected chi connectivity index (χ1v) is 30.1. The van der Waals surface area contributed by atoms with E-state index in [4.69, 9.17) is 13.8 Å². The lowest BCUT2D eigenvalue weighted by molar-refractivity contribution is -0.870. The Balaban J connectivity index is 5.38. The minimum atomic E-state index is -4.45. The van der Waals surface area contributed by atoms with Crippen molar-refractivity contribution in [3.05, 3.63) is 60.8 Å². The number of amides is 1. The van der Waals surface area contributed by atoms with Crippen LogP contribution in [0.1, 0.15) is 252 Å². The zero-order valence-corrected chi connectivity index (χ0v) is 46.7. The van der Waals surface area contributed by atoms with E-state index in [2.05, 4.69) is 74.7 Å². The number of carbonyl (C=O) groups is 2. The van der Waals surface area contributed by atoms with Crippen molar-refractivity contribution in [1.29, 1.82) is 0 Å². The Morgan fingerprint density at radius 1 is 0.522 bits per heavy atom. The number of nitrogens with zero attached hydrogens (tertiary/aromatic N) is 1. The molecule has 0 saturated heterocycles. The van der Waals surface area contributed by atoms with E-state index in [9.17, 15) is 19.0 Å². The Morgan fingerprint density at radius 3 is 1.42 bits per heavy atom. The van der Waals surface area contributed by atoms with Crippen molar-refractivity contribution in [2.75, 3.05) is 40.9 Å². The van der Waals surface area contributed by atoms with Gasteiger partial charge >= 0.3 is 13.8 Å². The molecule has 0 aromatic rings. The maximum atomic E-state index is 13.5. The maximum Gasteiger partial charge on any atom is 0.472 e. The fourth-order valence-corrected chi connectivity index (χ4v) is 8.79. The molecule has 0 aliphatic carbocycles. The molecule has 0 aromatic carbocycles. The number of unbranched alkanes of at least 4 members (excludes halogenated alkanes) is 29. The monoisotopic (exact) mass is 990 g/mol. The van der Waals surface area contributed by atoms with E-state index in [-0.39, 0.29) is 31.5 Å². The maximum absolute atomic E-state index is 13.5. The van der Waals surface area contributed by atoms with Crippen molar-refractivity contribution in [3.63, 3.8) is 0 Å². The number of phosphoric acid groups is 1. The third-order valence-corrected chi connectivity index (χ3v) is 13.5. The van der Waals surface area contributed by atoms with Crippen LogP contribution in [0.3, 0.4) is 0 Å². The van der Waals surface area contributed by atoms with Crippen molar-refractivity contribution in [1.82, 2.24) is 5.32 Å². The molecule has 402 valence electrons. The van der Waals surface area contributed by atoms with Crippen LogP contribution in [0.5, 0.6) is 0 Å². The van der Waals surface area contributed by atoms with Gasteiger partial charge < -0.3 is 19.4 Å². The van der Waals surface area contributed by atoms with Crippen LogP contribution in [0, 0.1) is 0 Å². The van der Waals surface area contributed by atoms with Crippen molar-refractivity contribution in [2.45, 2.75) is 264 Å². The van der Waals surface area contributed by atoms with Gasteiger partial charge in [-0.15, -0.1) is 0 Å². The summed E-state index contributed by atoms with van der Waals surface area (Å²) in [5.74, 6) is -0.527. The van der Waals surface area contributed by atoms with Crippen LogP contribution < -0.4 is 5.32 Å². The van der Waals surface area contributed by atoms with Crippen LogP contribution in [0.4, 0.5) is 0 Å². The van der Waals surface area contributed by atoms with E-state index in [0.717, 1.165) is 96.3 Å². The van der Waals surface area contributed by atoms with Gasteiger partial charge in [-0.3, -0.25) is 18.6 Å². The van der Waals surface area contributed by atoms with Gasteiger partial charge in [-0.1, -0.05) is 223 Å². The summed E-state index contributed by atoms with van der Waals surface area (Å²) in [6, 6.07) is -0.857. The molecule has 10 heteroatoms. The second-order valence-corrected chi connectivity index (χ2v) is 21.9. The molecule has 69 heavy (non-hydrogen) atoms. The summed E-state index contributed by atoms with van der Waals surface area (Å²) in [7, 11) is 1.48. The van der Waals surface area contributed by atoms with E-state index in [1.54, 1.807) is 0 Å². The van der Waals surface area contributed by atoms with Gasteiger partial charge in [0.15, 0.2) is 0 Å². The highest BCUT2D eigenvalue weighted by atomic mass is 31.2. The van der Waals surface area contributed by atoms with Gasteiger partial charge in [-0.25, -0.2) is 4.57 Å². The Labute approximate surface area is 426 Å². The molecule has 0 aromatic heterocycles. The van der Waals surface area contributed by atoms with Gasteiger partial charge in [0, 0.05) is 12.8 Å². The second kappa shape index (κ2) is 49.3. The summed E-state index contributed by atoms with van der Waals surface area (Å²) in [5.41, 5.74) is 0. The minimum Gasteiger partial charge on any atom is -0.456 e. The summed E-state index contributed by atoms with van der Waals surface area (Å²) in [6.45, 7) is 6.86. The van der Waals surface area contributed by atoms with E-state index >= 15 is 0 Å². The number of rotatable bonds is 51. The average Bonchev–Trinajstić information content (AvgIpc) is 3.31. The molecule has 2 N–H and O–H groups in total. The number of hydrogen-bond acceptors (Lipinski definition) is 6. The molecule has 0 aliphatic heterocycles. The first-order valence-electron chi connectivity index (χ1n) is 28.6. The SMILES string of the molecule is CC/C=C/C=C/C=C/CCCCCCCCCC(=O)OC(/C=C/CCCCCCCCCCCC)C(COP(=O)(O)OCC[N+](C)(C)C)NC(=O)CCCCCCC/C=C/CCCCCCCCC. The summed E-state index contributed by atoms with van der Waals surface area (Å²) >= 11 is 0. The molecule has 9 nitrogen and oxygen atoms in total. The van der Waals surface area contributed by atoms with Crippen molar-refractivity contribution < 1.29 is 37.3 Å². The van der Waals surface area contributed by atoms with Crippen LogP contribution in [-0.4, -0.2) is 74.3 Å². The van der Waals surface area contributed by atoms with E-state index in [1.165, 1.54) is 122 Å². The fraction of sp³-hybridized carbons (Fsp3) is 0.797. The van der Waals surface area contributed by atoms with Gasteiger partial charge in [-0.05, 0) is 76.7 Å². The van der Waals surface area contributed by atoms with Crippen LogP contribution >= 0.6 is 7.82 Å². The van der Waals surface area contributed by atoms with E-state index in [0.29, 0.717) is 17.4 Å².